The number of hydrogen-bond acceptors (Lipinski definition) is 4. The van der Waals surface area contributed by atoms with Gasteiger partial charge >= 0.3 is 0 Å². The van der Waals surface area contributed by atoms with E-state index in [-0.39, 0.29) is 0 Å². The average molecular weight is 431 g/mol. The van der Waals surface area contributed by atoms with Crippen molar-refractivity contribution in [2.75, 3.05) is 13.2 Å². The molecule has 4 heteroatoms. The van der Waals surface area contributed by atoms with Crippen molar-refractivity contribution in [1.82, 2.24) is 0 Å². The Labute approximate surface area is 188 Å². The monoisotopic (exact) mass is 430 g/mol. The molecule has 0 amide bonds. The maximum Gasteiger partial charge on any atom is 0.154 e. The third-order valence-electron chi connectivity index (χ3n) is 5.77. The largest absolute Gasteiger partial charge is 0.368 e. The van der Waals surface area contributed by atoms with Crippen LogP contribution in [0.15, 0.2) is 0 Å². The summed E-state index contributed by atoms with van der Waals surface area (Å²) in [7, 11) is 0. The molecule has 0 aromatic rings. The van der Waals surface area contributed by atoms with Crippen LogP contribution in [0.25, 0.3) is 0 Å². The summed E-state index contributed by atoms with van der Waals surface area (Å²) in [6.45, 7) is 5.85. The highest BCUT2D eigenvalue weighted by Gasteiger charge is 2.05. The van der Waals surface area contributed by atoms with Crippen molar-refractivity contribution in [2.45, 2.75) is 155 Å². The minimum Gasteiger partial charge on any atom is -0.368 e. The molecule has 0 fully saturated rings. The lowest BCUT2D eigenvalue weighted by Gasteiger charge is -2.12. The summed E-state index contributed by atoms with van der Waals surface area (Å²) in [5.41, 5.74) is 0. The molecule has 30 heavy (non-hydrogen) atoms. The fraction of sp³-hybridized carbons (Fsp3) is 1.00. The number of ether oxygens (including phenoxy) is 2. The molecule has 0 bridgehead atoms. The third-order valence-corrected chi connectivity index (χ3v) is 5.77. The third kappa shape index (κ3) is 24.1. The lowest BCUT2D eigenvalue weighted by atomic mass is 10.1. The molecule has 182 valence electrons. The van der Waals surface area contributed by atoms with Crippen molar-refractivity contribution in [3.8, 4) is 0 Å². The molecule has 0 aliphatic carbocycles. The van der Waals surface area contributed by atoms with Gasteiger partial charge in [0, 0.05) is 13.2 Å². The van der Waals surface area contributed by atoms with Crippen molar-refractivity contribution in [3.63, 3.8) is 0 Å². The van der Waals surface area contributed by atoms with E-state index in [9.17, 15) is 10.2 Å². The van der Waals surface area contributed by atoms with Crippen molar-refractivity contribution in [2.24, 2.45) is 0 Å². The van der Waals surface area contributed by atoms with Gasteiger partial charge in [-0.05, 0) is 38.5 Å². The Morgan fingerprint density at radius 2 is 0.733 bits per heavy atom. The molecule has 0 radical (unpaired) electrons. The van der Waals surface area contributed by atoms with Gasteiger partial charge in [-0.2, -0.15) is 0 Å². The zero-order valence-corrected chi connectivity index (χ0v) is 20.4. The van der Waals surface area contributed by atoms with Crippen molar-refractivity contribution in [1.29, 1.82) is 0 Å². The molecular formula is C26H54O4. The van der Waals surface area contributed by atoms with E-state index >= 15 is 0 Å². The van der Waals surface area contributed by atoms with Gasteiger partial charge in [-0.1, -0.05) is 104 Å². The van der Waals surface area contributed by atoms with Crippen LogP contribution in [0.1, 0.15) is 142 Å². The van der Waals surface area contributed by atoms with Gasteiger partial charge < -0.3 is 19.7 Å². The second kappa shape index (κ2) is 25.1. The highest BCUT2D eigenvalue weighted by molar-refractivity contribution is 4.51. The summed E-state index contributed by atoms with van der Waals surface area (Å²) >= 11 is 0. The quantitative estimate of drug-likeness (QED) is 0.116. The van der Waals surface area contributed by atoms with E-state index in [1.807, 2.05) is 0 Å². The van der Waals surface area contributed by atoms with Crippen molar-refractivity contribution in [3.05, 3.63) is 0 Å². The van der Waals surface area contributed by atoms with Gasteiger partial charge in [0.05, 0.1) is 0 Å². The minimum atomic E-state index is -0.584. The zero-order chi connectivity index (χ0) is 22.1. The van der Waals surface area contributed by atoms with Gasteiger partial charge in [-0.25, -0.2) is 0 Å². The maximum atomic E-state index is 9.87. The summed E-state index contributed by atoms with van der Waals surface area (Å²) in [5, 5.41) is 19.7. The van der Waals surface area contributed by atoms with E-state index in [0.29, 0.717) is 13.2 Å². The lowest BCUT2D eigenvalue weighted by molar-refractivity contribution is -0.105. The number of aliphatic hydroxyl groups is 2. The van der Waals surface area contributed by atoms with Crippen LogP contribution in [0.3, 0.4) is 0 Å². The molecular weight excluding hydrogens is 376 g/mol. The number of rotatable bonds is 25. The van der Waals surface area contributed by atoms with E-state index in [4.69, 9.17) is 9.47 Å². The topological polar surface area (TPSA) is 58.9 Å². The predicted octanol–water partition coefficient (Wildman–Crippen LogP) is 7.50. The first-order chi connectivity index (χ1) is 14.7. The molecule has 0 heterocycles. The Hall–Kier alpha value is -0.160. The van der Waals surface area contributed by atoms with Crippen LogP contribution in [-0.2, 0) is 9.47 Å². The van der Waals surface area contributed by atoms with E-state index in [1.54, 1.807) is 0 Å². The molecule has 0 aromatic heterocycles. The van der Waals surface area contributed by atoms with E-state index in [0.717, 1.165) is 51.4 Å². The minimum absolute atomic E-state index is 0.584. The van der Waals surface area contributed by atoms with Crippen LogP contribution >= 0.6 is 0 Å². The summed E-state index contributed by atoms with van der Waals surface area (Å²) in [6, 6.07) is 0. The Bertz CT molecular complexity index is 281. The number of unbranched alkanes of at least 4 members (excludes halogenated alkanes) is 15. The standard InChI is InChI=1S/C26H54O4/c1-3-5-7-9-15-19-23-29-25(27)21-17-13-11-12-14-18-22-26(28)30-24-20-16-10-8-6-4-2/h25-28H,3-24H2,1-2H3. The zero-order valence-electron chi connectivity index (χ0n) is 20.4. The van der Waals surface area contributed by atoms with Crippen LogP contribution in [0, 0.1) is 0 Å². The lowest BCUT2D eigenvalue weighted by Crippen LogP contribution is -2.12. The molecule has 0 aliphatic rings. The van der Waals surface area contributed by atoms with Crippen molar-refractivity contribution >= 4 is 0 Å². The first-order valence-electron chi connectivity index (χ1n) is 13.3. The highest BCUT2D eigenvalue weighted by atomic mass is 16.6. The summed E-state index contributed by atoms with van der Waals surface area (Å²) in [5.74, 6) is 0. The number of hydrogen-bond donors (Lipinski definition) is 2. The van der Waals surface area contributed by atoms with Gasteiger partial charge in [0.2, 0.25) is 0 Å². The second-order valence-corrected chi connectivity index (χ2v) is 8.89. The summed E-state index contributed by atoms with van der Waals surface area (Å²) < 4.78 is 11.0. The Kier molecular flexibility index (Phi) is 25.0. The van der Waals surface area contributed by atoms with E-state index in [2.05, 4.69) is 13.8 Å². The SMILES string of the molecule is CCCCCCCCOC(O)CCCCCCCCC(O)OCCCCCCCC. The summed E-state index contributed by atoms with van der Waals surface area (Å²) in [4.78, 5) is 0. The first kappa shape index (κ1) is 29.8. The van der Waals surface area contributed by atoms with Crippen molar-refractivity contribution < 1.29 is 19.7 Å². The molecule has 0 saturated heterocycles. The van der Waals surface area contributed by atoms with Crippen LogP contribution in [0.5, 0.6) is 0 Å². The van der Waals surface area contributed by atoms with Gasteiger partial charge in [-0.3, -0.25) is 0 Å². The fourth-order valence-corrected chi connectivity index (χ4v) is 3.72. The van der Waals surface area contributed by atoms with Gasteiger partial charge in [0.15, 0.2) is 12.6 Å². The van der Waals surface area contributed by atoms with Crippen LogP contribution in [0.2, 0.25) is 0 Å². The molecule has 0 spiro atoms. The normalized spacial score (nSPS) is 13.6. The fourth-order valence-electron chi connectivity index (χ4n) is 3.72. The second-order valence-electron chi connectivity index (χ2n) is 8.89. The van der Waals surface area contributed by atoms with E-state index < -0.39 is 12.6 Å². The first-order valence-corrected chi connectivity index (χ1v) is 13.3. The number of aliphatic hydroxyl groups excluding tert-OH is 2. The molecule has 0 aliphatic heterocycles. The predicted molar refractivity (Wildman–Crippen MR) is 128 cm³/mol. The van der Waals surface area contributed by atoms with Crippen LogP contribution in [-0.4, -0.2) is 36.0 Å². The van der Waals surface area contributed by atoms with Gasteiger partial charge in [-0.15, -0.1) is 0 Å². The van der Waals surface area contributed by atoms with E-state index in [1.165, 1.54) is 77.0 Å². The Balaban J connectivity index is 3.23. The molecule has 2 N–H and O–H groups in total. The molecule has 0 saturated carbocycles. The smallest absolute Gasteiger partial charge is 0.154 e. The molecule has 2 atom stereocenters. The van der Waals surface area contributed by atoms with Gasteiger partial charge in [0.1, 0.15) is 0 Å². The molecule has 0 aromatic carbocycles. The molecule has 0 rings (SSSR count). The van der Waals surface area contributed by atoms with Crippen LogP contribution in [0.4, 0.5) is 0 Å². The summed E-state index contributed by atoms with van der Waals surface area (Å²) in [6.07, 6.45) is 22.1. The molecule has 2 unspecified atom stereocenters. The Morgan fingerprint density at radius 1 is 0.433 bits per heavy atom. The average Bonchev–Trinajstić information content (AvgIpc) is 2.74. The molecule has 4 nitrogen and oxygen atoms in total. The highest BCUT2D eigenvalue weighted by Crippen LogP contribution is 2.13. The maximum absolute atomic E-state index is 9.87. The van der Waals surface area contributed by atoms with Crippen LogP contribution < -0.4 is 0 Å². The van der Waals surface area contributed by atoms with Gasteiger partial charge in [0.25, 0.3) is 0 Å². The Morgan fingerprint density at radius 3 is 1.10 bits per heavy atom.